The molecule has 3 aromatic rings. The Balaban J connectivity index is 1.39. The standard InChI is InChI=1S/C27H32FN3O4S/c1-4-33-23-15-20(16-24(34-5-2)26(23)35-6-3)27(32)31-13-11-30(12-14-31)17-25-29-22(18-36-25)19-7-9-21(28)10-8-19/h7-10,15-16,18H,4-6,11-14,17H2,1-3H3. The summed E-state index contributed by atoms with van der Waals surface area (Å²) in [5.41, 5.74) is 2.29. The number of carbonyl (C=O) groups is 1. The van der Waals surface area contributed by atoms with Crippen LogP contribution in [0.15, 0.2) is 41.8 Å². The van der Waals surface area contributed by atoms with Crippen LogP contribution in [0.1, 0.15) is 36.1 Å². The number of ether oxygens (including phenoxy) is 3. The minimum atomic E-state index is -0.255. The van der Waals surface area contributed by atoms with Crippen molar-refractivity contribution in [1.82, 2.24) is 14.8 Å². The number of thiazole rings is 1. The van der Waals surface area contributed by atoms with Gasteiger partial charge in [-0.05, 0) is 57.2 Å². The van der Waals surface area contributed by atoms with E-state index in [0.29, 0.717) is 55.7 Å². The highest BCUT2D eigenvalue weighted by molar-refractivity contribution is 7.09. The largest absolute Gasteiger partial charge is 0.490 e. The first-order chi connectivity index (χ1) is 17.5. The van der Waals surface area contributed by atoms with E-state index in [1.165, 1.54) is 12.1 Å². The van der Waals surface area contributed by atoms with Gasteiger partial charge < -0.3 is 19.1 Å². The number of carbonyl (C=O) groups excluding carboxylic acids is 1. The van der Waals surface area contributed by atoms with E-state index in [0.717, 1.165) is 35.9 Å². The normalized spacial score (nSPS) is 14.1. The quantitative estimate of drug-likeness (QED) is 0.376. The van der Waals surface area contributed by atoms with Crippen molar-refractivity contribution >= 4 is 17.2 Å². The third kappa shape index (κ3) is 6.14. The highest BCUT2D eigenvalue weighted by Gasteiger charge is 2.25. The van der Waals surface area contributed by atoms with Crippen LogP contribution >= 0.6 is 11.3 Å². The van der Waals surface area contributed by atoms with Crippen LogP contribution in [0, 0.1) is 5.82 Å². The minimum absolute atomic E-state index is 0.0487. The van der Waals surface area contributed by atoms with Crippen LogP contribution in [0.5, 0.6) is 17.2 Å². The Labute approximate surface area is 215 Å². The first-order valence-electron chi connectivity index (χ1n) is 12.3. The summed E-state index contributed by atoms with van der Waals surface area (Å²) < 4.78 is 30.5. The number of rotatable bonds is 10. The molecule has 2 heterocycles. The zero-order valence-corrected chi connectivity index (χ0v) is 21.8. The second kappa shape index (κ2) is 12.2. The van der Waals surface area contributed by atoms with Crippen LogP contribution in [-0.4, -0.2) is 66.7 Å². The van der Waals surface area contributed by atoms with Crippen molar-refractivity contribution in [3.05, 3.63) is 58.2 Å². The van der Waals surface area contributed by atoms with Gasteiger partial charge in [0.05, 0.1) is 32.1 Å². The molecule has 1 aliphatic rings. The van der Waals surface area contributed by atoms with Gasteiger partial charge in [-0.25, -0.2) is 9.37 Å². The van der Waals surface area contributed by atoms with Crippen molar-refractivity contribution < 1.29 is 23.4 Å². The average Bonchev–Trinajstić information content (AvgIpc) is 3.35. The molecule has 1 amide bonds. The number of halogens is 1. The van der Waals surface area contributed by atoms with Crippen LogP contribution < -0.4 is 14.2 Å². The molecule has 192 valence electrons. The number of hydrogen-bond donors (Lipinski definition) is 0. The van der Waals surface area contributed by atoms with E-state index in [1.54, 1.807) is 35.6 Å². The third-order valence-electron chi connectivity index (χ3n) is 5.87. The fourth-order valence-corrected chi connectivity index (χ4v) is 4.98. The second-order valence-electron chi connectivity index (χ2n) is 8.30. The van der Waals surface area contributed by atoms with Gasteiger partial charge in [-0.3, -0.25) is 9.69 Å². The summed E-state index contributed by atoms with van der Waals surface area (Å²) in [4.78, 5) is 22.2. The first-order valence-corrected chi connectivity index (χ1v) is 13.2. The van der Waals surface area contributed by atoms with Crippen LogP contribution in [0.2, 0.25) is 0 Å². The molecule has 0 spiro atoms. The maximum atomic E-state index is 13.3. The summed E-state index contributed by atoms with van der Waals surface area (Å²) in [6, 6.07) is 9.88. The molecule has 0 bridgehead atoms. The number of aromatic nitrogens is 1. The van der Waals surface area contributed by atoms with E-state index < -0.39 is 0 Å². The van der Waals surface area contributed by atoms with E-state index in [-0.39, 0.29) is 11.7 Å². The van der Waals surface area contributed by atoms with Crippen molar-refractivity contribution in [2.45, 2.75) is 27.3 Å². The van der Waals surface area contributed by atoms with E-state index in [4.69, 9.17) is 19.2 Å². The Kier molecular flexibility index (Phi) is 8.77. The minimum Gasteiger partial charge on any atom is -0.490 e. The number of nitrogens with zero attached hydrogens (tertiary/aromatic N) is 3. The number of piperazine rings is 1. The monoisotopic (exact) mass is 513 g/mol. The van der Waals surface area contributed by atoms with Crippen molar-refractivity contribution in [2.75, 3.05) is 46.0 Å². The Bertz CT molecular complexity index is 1130. The zero-order chi connectivity index (χ0) is 25.5. The van der Waals surface area contributed by atoms with Gasteiger partial charge in [0.2, 0.25) is 5.75 Å². The van der Waals surface area contributed by atoms with E-state index in [1.807, 2.05) is 31.1 Å². The molecule has 9 heteroatoms. The van der Waals surface area contributed by atoms with Crippen molar-refractivity contribution in [3.8, 4) is 28.5 Å². The molecular formula is C27H32FN3O4S. The molecule has 36 heavy (non-hydrogen) atoms. The van der Waals surface area contributed by atoms with E-state index in [9.17, 15) is 9.18 Å². The molecule has 1 fully saturated rings. The summed E-state index contributed by atoms with van der Waals surface area (Å²) in [5, 5.41) is 3.00. The Morgan fingerprint density at radius 2 is 1.56 bits per heavy atom. The topological polar surface area (TPSA) is 64.1 Å². The van der Waals surface area contributed by atoms with Gasteiger partial charge in [-0.1, -0.05) is 0 Å². The first kappa shape index (κ1) is 25.9. The van der Waals surface area contributed by atoms with Crippen LogP contribution in [0.4, 0.5) is 4.39 Å². The fourth-order valence-electron chi connectivity index (χ4n) is 4.13. The lowest BCUT2D eigenvalue weighted by Crippen LogP contribution is -2.48. The van der Waals surface area contributed by atoms with Crippen LogP contribution in [0.3, 0.4) is 0 Å². The SMILES string of the molecule is CCOc1cc(C(=O)N2CCN(Cc3nc(-c4ccc(F)cc4)cs3)CC2)cc(OCC)c1OCC. The highest BCUT2D eigenvalue weighted by Crippen LogP contribution is 2.39. The van der Waals surface area contributed by atoms with Crippen molar-refractivity contribution in [3.63, 3.8) is 0 Å². The zero-order valence-electron chi connectivity index (χ0n) is 21.0. The van der Waals surface area contributed by atoms with Crippen LogP contribution in [-0.2, 0) is 6.54 Å². The summed E-state index contributed by atoms with van der Waals surface area (Å²) in [7, 11) is 0. The number of benzene rings is 2. The molecule has 0 radical (unpaired) electrons. The van der Waals surface area contributed by atoms with E-state index in [2.05, 4.69) is 4.90 Å². The van der Waals surface area contributed by atoms with Gasteiger partial charge in [0.25, 0.3) is 5.91 Å². The molecule has 1 aromatic heterocycles. The maximum Gasteiger partial charge on any atom is 0.254 e. The summed E-state index contributed by atoms with van der Waals surface area (Å²) in [6.07, 6.45) is 0. The van der Waals surface area contributed by atoms with Crippen LogP contribution in [0.25, 0.3) is 11.3 Å². The van der Waals surface area contributed by atoms with Gasteiger partial charge in [0.15, 0.2) is 11.5 Å². The molecule has 0 atom stereocenters. The number of hydrogen-bond acceptors (Lipinski definition) is 7. The molecule has 2 aromatic carbocycles. The van der Waals surface area contributed by atoms with Crippen molar-refractivity contribution in [1.29, 1.82) is 0 Å². The lowest BCUT2D eigenvalue weighted by molar-refractivity contribution is 0.0627. The Hall–Kier alpha value is -3.17. The highest BCUT2D eigenvalue weighted by atomic mass is 32.1. The molecule has 0 saturated carbocycles. The van der Waals surface area contributed by atoms with Gasteiger partial charge in [-0.15, -0.1) is 11.3 Å². The molecule has 1 aliphatic heterocycles. The molecule has 0 aliphatic carbocycles. The molecule has 1 saturated heterocycles. The van der Waals surface area contributed by atoms with Gasteiger partial charge in [0.1, 0.15) is 10.8 Å². The lowest BCUT2D eigenvalue weighted by atomic mass is 10.1. The third-order valence-corrected chi connectivity index (χ3v) is 6.70. The molecule has 7 nitrogen and oxygen atoms in total. The smallest absolute Gasteiger partial charge is 0.254 e. The lowest BCUT2D eigenvalue weighted by Gasteiger charge is -2.34. The average molecular weight is 514 g/mol. The summed E-state index contributed by atoms with van der Waals surface area (Å²) >= 11 is 1.60. The fraction of sp³-hybridized carbons (Fsp3) is 0.407. The summed E-state index contributed by atoms with van der Waals surface area (Å²) in [6.45, 7) is 10.6. The Morgan fingerprint density at radius 3 is 2.14 bits per heavy atom. The van der Waals surface area contributed by atoms with Gasteiger partial charge in [-0.2, -0.15) is 0 Å². The second-order valence-corrected chi connectivity index (χ2v) is 9.25. The number of amides is 1. The van der Waals surface area contributed by atoms with E-state index >= 15 is 0 Å². The van der Waals surface area contributed by atoms with Gasteiger partial charge >= 0.3 is 0 Å². The van der Waals surface area contributed by atoms with Gasteiger partial charge in [0, 0.05) is 42.7 Å². The molecule has 0 N–H and O–H groups in total. The predicted molar refractivity (Wildman–Crippen MR) is 139 cm³/mol. The summed E-state index contributed by atoms with van der Waals surface area (Å²) in [5.74, 6) is 1.27. The molecular weight excluding hydrogens is 481 g/mol. The molecule has 4 rings (SSSR count). The molecule has 0 unspecified atom stereocenters. The Morgan fingerprint density at radius 1 is 0.944 bits per heavy atom. The predicted octanol–water partition coefficient (Wildman–Crippen LogP) is 5.10. The maximum absolute atomic E-state index is 13.3. The van der Waals surface area contributed by atoms with Crippen molar-refractivity contribution in [2.24, 2.45) is 0 Å².